The number of methoxy groups -OCH3 is 2. The summed E-state index contributed by atoms with van der Waals surface area (Å²) in [5.41, 5.74) is -3.93. The number of azo groups is 2. The molecule has 0 aliphatic heterocycles. The molecule has 2 amide bonds. The first-order valence-corrected chi connectivity index (χ1v) is 27.1. The molecule has 0 bridgehead atoms. The number of rotatable bonds is 14. The Bertz CT molecular complexity index is 3820. The van der Waals surface area contributed by atoms with E-state index in [1.54, 1.807) is 0 Å². The van der Waals surface area contributed by atoms with Gasteiger partial charge in [-0.2, -0.15) is 16.8 Å². The van der Waals surface area contributed by atoms with Gasteiger partial charge in [-0.05, 0) is 77.5 Å². The highest BCUT2D eigenvalue weighted by Crippen LogP contribution is 2.56. The molecule has 0 aromatic heterocycles. The number of phenolic OH excluding ortho intramolecular Hbond substituents is 2. The standard InChI is InChI=1S/C42H32Cl4N6O18S4/c1-69-30-16-27(50-52-38-33(74(66,67)68)11-18-9-21(72(60,61)62)14-29(35(18)40(38)54)48-42(56)23-12-19(43)6-7-24(23)44)31(70-2)15-26(30)49-51-37-32(73(63,64)65)10-17-8-20(71(57,58)59)13-28(34(17)39(37)53)47-41(55)22-4-3-5-25(45)36(22)46/h3-16,53-54,57-59,66-68H,1-2H3,(H,47,55)(H,48,56)(H,60,61,62)(H,63,64,65). The van der Waals surface area contributed by atoms with E-state index in [2.05, 4.69) is 31.1 Å². The number of benzene rings is 7. The van der Waals surface area contributed by atoms with Crippen LogP contribution in [0.1, 0.15) is 20.7 Å². The number of fused-ring (bicyclic) bond motifs is 2. The number of nitrogens with zero attached hydrogens (tertiary/aromatic N) is 4. The number of hydrogen-bond donors (Lipinski definition) is 12. The van der Waals surface area contributed by atoms with E-state index < -0.39 is 129 Å². The summed E-state index contributed by atoms with van der Waals surface area (Å²) >= 11 is 24.5. The maximum atomic E-state index is 13.5. The third kappa shape index (κ3) is 11.5. The van der Waals surface area contributed by atoms with Crippen molar-refractivity contribution >= 4 is 156 Å². The maximum Gasteiger partial charge on any atom is 0.296 e. The predicted molar refractivity (Wildman–Crippen MR) is 275 cm³/mol. The minimum absolute atomic E-state index is 0.0321. The number of amides is 2. The first kappa shape index (κ1) is 55.6. The lowest BCUT2D eigenvalue weighted by Crippen LogP contribution is -2.13. The van der Waals surface area contributed by atoms with Gasteiger partial charge in [0, 0.05) is 27.9 Å². The highest BCUT2D eigenvalue weighted by Gasteiger charge is 2.30. The Hall–Kier alpha value is -6.16. The molecule has 7 aromatic rings. The summed E-state index contributed by atoms with van der Waals surface area (Å²) in [5, 5.41) is 42.0. The lowest BCUT2D eigenvalue weighted by Gasteiger charge is -2.23. The van der Waals surface area contributed by atoms with Gasteiger partial charge in [-0.1, -0.05) is 52.5 Å². The Kier molecular flexibility index (Phi) is 15.7. The largest absolute Gasteiger partial charge is 0.505 e. The molecule has 0 fully saturated rings. The molecular weight excluding hydrogens is 1150 g/mol. The summed E-state index contributed by atoms with van der Waals surface area (Å²) in [7, 11) is -17.7. The molecule has 7 aromatic carbocycles. The number of phenols is 2. The molecule has 24 nitrogen and oxygen atoms in total. The van der Waals surface area contributed by atoms with Crippen molar-refractivity contribution in [1.82, 2.24) is 0 Å². The smallest absolute Gasteiger partial charge is 0.296 e. The van der Waals surface area contributed by atoms with Crippen LogP contribution in [0.15, 0.2) is 125 Å². The van der Waals surface area contributed by atoms with Gasteiger partial charge in [0.05, 0.1) is 66.5 Å². The van der Waals surface area contributed by atoms with Crippen LogP contribution >= 0.6 is 68.1 Å². The molecule has 12 N–H and O–H groups in total. The zero-order valence-electron chi connectivity index (χ0n) is 36.8. The summed E-state index contributed by atoms with van der Waals surface area (Å²) < 4.78 is 143. The van der Waals surface area contributed by atoms with Crippen molar-refractivity contribution in [2.24, 2.45) is 20.5 Å². The molecule has 0 saturated heterocycles. The average molecular weight is 1180 g/mol. The van der Waals surface area contributed by atoms with Crippen molar-refractivity contribution in [2.75, 3.05) is 24.9 Å². The topological polar surface area (TPSA) is 397 Å². The fourth-order valence-corrected chi connectivity index (χ4v) is 10.2. The number of anilines is 2. The van der Waals surface area contributed by atoms with Crippen molar-refractivity contribution in [3.8, 4) is 23.0 Å². The number of aromatic hydroxyl groups is 2. The Morgan fingerprint density at radius 1 is 0.527 bits per heavy atom. The lowest BCUT2D eigenvalue weighted by atomic mass is 10.1. The normalized spacial score (nSPS) is 12.9. The maximum absolute atomic E-state index is 13.5. The van der Waals surface area contributed by atoms with Crippen LogP contribution in [0.4, 0.5) is 34.1 Å². The molecule has 0 radical (unpaired) electrons. The van der Waals surface area contributed by atoms with Crippen LogP contribution in [0.5, 0.6) is 23.0 Å². The average Bonchev–Trinajstić information content (AvgIpc) is 3.30. The van der Waals surface area contributed by atoms with Crippen LogP contribution < -0.4 is 20.1 Å². The third-order valence-electron chi connectivity index (χ3n) is 10.3. The van der Waals surface area contributed by atoms with Crippen LogP contribution in [-0.2, 0) is 20.2 Å². The van der Waals surface area contributed by atoms with Crippen molar-refractivity contribution in [3.63, 3.8) is 0 Å². The molecular formula is C42H32Cl4N6O18S4. The number of hydrogen-bond acceptors (Lipinski definition) is 20. The minimum atomic E-state index is -5.36. The molecule has 7 rings (SSSR count). The summed E-state index contributed by atoms with van der Waals surface area (Å²) in [4.78, 5) is 23.3. The van der Waals surface area contributed by atoms with Crippen LogP contribution in [-0.4, -0.2) is 89.5 Å². The monoisotopic (exact) mass is 1180 g/mol. The number of carbonyl (C=O) groups is 2. The van der Waals surface area contributed by atoms with Crippen molar-refractivity contribution in [3.05, 3.63) is 116 Å². The van der Waals surface area contributed by atoms with E-state index >= 15 is 0 Å². The number of carbonyl (C=O) groups excluding carboxylic acids is 2. The van der Waals surface area contributed by atoms with Gasteiger partial charge in [0.15, 0.2) is 11.5 Å². The van der Waals surface area contributed by atoms with Crippen LogP contribution in [0.3, 0.4) is 0 Å². The minimum Gasteiger partial charge on any atom is -0.505 e. The number of halogens is 4. The summed E-state index contributed by atoms with van der Waals surface area (Å²) in [5.74, 6) is -4.68. The SMILES string of the molecule is COc1cc(N=Nc2c(S(=O)(=O)O)cc3cc(S(O)(O)O)cc(NC(=O)c4cccc(Cl)c4Cl)c3c2O)c(OC)cc1N=Nc1c(S(O)(O)O)cc2cc(S(=O)(=O)O)cc(NC(=O)c3cc(Cl)ccc3Cl)c2c1O. The molecule has 0 aliphatic carbocycles. The second-order valence-corrected chi connectivity index (χ2v) is 22.4. The van der Waals surface area contributed by atoms with Crippen LogP contribution in [0.2, 0.25) is 20.1 Å². The first-order chi connectivity index (χ1) is 34.4. The Labute approximate surface area is 439 Å². The van der Waals surface area contributed by atoms with Crippen molar-refractivity contribution in [1.29, 1.82) is 0 Å². The van der Waals surface area contributed by atoms with Crippen molar-refractivity contribution in [2.45, 2.75) is 19.6 Å². The summed E-state index contributed by atoms with van der Waals surface area (Å²) in [6, 6.07) is 14.6. The first-order valence-electron chi connectivity index (χ1n) is 19.7. The second kappa shape index (κ2) is 20.9. The van der Waals surface area contributed by atoms with Gasteiger partial charge in [-0.15, -0.1) is 20.5 Å². The van der Waals surface area contributed by atoms with E-state index in [9.17, 15) is 73.1 Å². The van der Waals surface area contributed by atoms with E-state index in [0.29, 0.717) is 6.07 Å². The summed E-state index contributed by atoms with van der Waals surface area (Å²) in [6.45, 7) is 0. The molecule has 0 spiro atoms. The van der Waals surface area contributed by atoms with Gasteiger partial charge in [0.25, 0.3) is 32.1 Å². The highest BCUT2D eigenvalue weighted by atomic mass is 35.5. The molecule has 0 heterocycles. The molecule has 0 aliphatic rings. The fourth-order valence-electron chi connectivity index (χ4n) is 6.98. The second-order valence-electron chi connectivity index (χ2n) is 15.0. The van der Waals surface area contributed by atoms with E-state index in [4.69, 9.17) is 55.9 Å². The van der Waals surface area contributed by atoms with E-state index in [-0.39, 0.29) is 54.1 Å². The van der Waals surface area contributed by atoms with Gasteiger partial charge in [0.2, 0.25) is 0 Å². The number of nitrogens with one attached hydrogen (secondary N) is 2. The molecule has 74 heavy (non-hydrogen) atoms. The Morgan fingerprint density at radius 2 is 1.01 bits per heavy atom. The Balaban J connectivity index is 1.36. The molecule has 0 saturated carbocycles. The highest BCUT2D eigenvalue weighted by molar-refractivity contribution is 8.19. The summed E-state index contributed by atoms with van der Waals surface area (Å²) in [6.07, 6.45) is 0. The predicted octanol–water partition coefficient (Wildman–Crippen LogP) is 13.0. The van der Waals surface area contributed by atoms with Crippen molar-refractivity contribution < 1.29 is 82.5 Å². The van der Waals surface area contributed by atoms with Gasteiger partial charge in [-0.25, -0.2) is 0 Å². The zero-order chi connectivity index (χ0) is 54.6. The molecule has 0 atom stereocenters. The fraction of sp³-hybridized carbons (Fsp3) is 0.0476. The van der Waals surface area contributed by atoms with Gasteiger partial charge in [0.1, 0.15) is 60.9 Å². The molecule has 390 valence electrons. The van der Waals surface area contributed by atoms with Gasteiger partial charge in [-0.3, -0.25) is 18.7 Å². The van der Waals surface area contributed by atoms with E-state index in [1.165, 1.54) is 36.4 Å². The third-order valence-corrected chi connectivity index (χ3v) is 15.1. The van der Waals surface area contributed by atoms with Gasteiger partial charge < -0.3 is 57.6 Å². The van der Waals surface area contributed by atoms with Gasteiger partial charge >= 0.3 is 0 Å². The lowest BCUT2D eigenvalue weighted by molar-refractivity contribution is 0.101. The number of ether oxygens (including phenoxy) is 2. The van der Waals surface area contributed by atoms with Crippen LogP contribution in [0.25, 0.3) is 21.5 Å². The quantitative estimate of drug-likeness (QED) is 0.0355. The van der Waals surface area contributed by atoms with Crippen LogP contribution in [0, 0.1) is 0 Å². The Morgan fingerprint density at radius 3 is 1.50 bits per heavy atom. The van der Waals surface area contributed by atoms with E-state index in [0.717, 1.165) is 56.7 Å². The van der Waals surface area contributed by atoms with E-state index in [1.807, 2.05) is 0 Å². The zero-order valence-corrected chi connectivity index (χ0v) is 43.0. The molecule has 32 heteroatoms. The molecule has 0 unspecified atom stereocenters.